The van der Waals surface area contributed by atoms with E-state index in [-0.39, 0.29) is 42.2 Å². The van der Waals surface area contributed by atoms with Gasteiger partial charge in [0.15, 0.2) is 5.78 Å². The molecule has 3 unspecified atom stereocenters. The molecule has 5 N–H and O–H groups in total. The molecule has 1 rings (SSSR count). The van der Waals surface area contributed by atoms with Crippen molar-refractivity contribution < 1.29 is 38.9 Å². The van der Waals surface area contributed by atoms with Crippen LogP contribution in [0, 0.1) is 17.8 Å². The zero-order valence-corrected chi connectivity index (χ0v) is 29.1. The first-order chi connectivity index (χ1) is 20.8. The molecular weight excluding hydrogens is 580 g/mol. The van der Waals surface area contributed by atoms with Crippen molar-refractivity contribution in [3.05, 3.63) is 0 Å². The second-order valence-electron chi connectivity index (χ2n) is 13.9. The van der Waals surface area contributed by atoms with Crippen LogP contribution in [0.15, 0.2) is 0 Å². The Morgan fingerprint density at radius 1 is 0.778 bits per heavy atom. The average Bonchev–Trinajstić information content (AvgIpc) is 3.71. The highest BCUT2D eigenvalue weighted by Gasteiger charge is 2.49. The highest BCUT2D eigenvalue weighted by atomic mass is 16.6. The maximum absolute atomic E-state index is 13.6. The summed E-state index contributed by atoms with van der Waals surface area (Å²) in [5.74, 6) is -2.39. The summed E-state index contributed by atoms with van der Waals surface area (Å²) in [6, 6.07) is -4.11. The number of rotatable bonds is 21. The topological polar surface area (TPSA) is 178 Å². The van der Waals surface area contributed by atoms with Gasteiger partial charge in [-0.15, -0.1) is 0 Å². The van der Waals surface area contributed by atoms with E-state index in [1.807, 2.05) is 20.8 Å². The maximum atomic E-state index is 13.6. The van der Waals surface area contributed by atoms with E-state index < -0.39 is 53.6 Å². The van der Waals surface area contributed by atoms with Gasteiger partial charge in [-0.2, -0.15) is 0 Å². The van der Waals surface area contributed by atoms with Gasteiger partial charge in [0, 0.05) is 13.5 Å². The molecule has 1 heterocycles. The summed E-state index contributed by atoms with van der Waals surface area (Å²) in [6.07, 6.45) is 3.52. The molecule has 8 atom stereocenters. The van der Waals surface area contributed by atoms with Gasteiger partial charge in [-0.05, 0) is 64.7 Å². The van der Waals surface area contributed by atoms with Crippen molar-refractivity contribution in [1.82, 2.24) is 20.9 Å². The molecule has 0 saturated carbocycles. The van der Waals surface area contributed by atoms with E-state index in [9.17, 15) is 34.2 Å². The third-order valence-electron chi connectivity index (χ3n) is 8.64. The van der Waals surface area contributed by atoms with Crippen molar-refractivity contribution in [2.75, 3.05) is 13.7 Å². The zero-order valence-electron chi connectivity index (χ0n) is 29.1. The van der Waals surface area contributed by atoms with Crippen molar-refractivity contribution in [2.45, 2.75) is 149 Å². The molecule has 0 aromatic carbocycles. The van der Waals surface area contributed by atoms with E-state index in [0.29, 0.717) is 19.3 Å². The van der Waals surface area contributed by atoms with Crippen molar-refractivity contribution in [2.24, 2.45) is 17.8 Å². The lowest BCUT2D eigenvalue weighted by molar-refractivity contribution is -0.141. The molecule has 4 amide bonds. The van der Waals surface area contributed by atoms with Crippen LogP contribution in [0.4, 0.5) is 0 Å². The molecule has 0 aromatic rings. The number of nitrogens with one attached hydrogen (secondary N) is 3. The Morgan fingerprint density at radius 2 is 1.31 bits per heavy atom. The number of carbonyl (C=O) groups is 5. The standard InChI is InChI=1S/C33H60N4O8/c1-19(2)17-25(37(10)26(40)16-14-12-11-13-15-21(5)23(7)38)30(42)35-27(20(3)4)31(43)36-28(24(8)39)32(44)34-22(6)29(41)33(9)18-45-33/h19-25,27-28,38-39H,11-18H2,1-10H3,(H,34,44)(H,35,42)(H,36,43)/t21?,22-,23?,24+,25-,27-,28-,33?/m0/s1. The number of Topliss-reactive ketones (excluding diaryl/α,β-unsaturated/α-hetero) is 1. The number of ketones is 1. The number of hydrogen-bond donors (Lipinski definition) is 5. The van der Waals surface area contributed by atoms with Crippen molar-refractivity contribution in [3.63, 3.8) is 0 Å². The van der Waals surface area contributed by atoms with Gasteiger partial charge in [0.25, 0.3) is 0 Å². The first-order valence-corrected chi connectivity index (χ1v) is 16.5. The molecule has 12 nitrogen and oxygen atoms in total. The quantitative estimate of drug-likeness (QED) is 0.0935. The highest BCUT2D eigenvalue weighted by Crippen LogP contribution is 2.28. The van der Waals surface area contributed by atoms with E-state index in [4.69, 9.17) is 4.74 Å². The first-order valence-electron chi connectivity index (χ1n) is 16.5. The lowest BCUT2D eigenvalue weighted by atomic mass is 9.97. The lowest BCUT2D eigenvalue weighted by Gasteiger charge is -2.32. The molecule has 12 heteroatoms. The van der Waals surface area contributed by atoms with Crippen LogP contribution in [0.3, 0.4) is 0 Å². The third kappa shape index (κ3) is 13.4. The maximum Gasteiger partial charge on any atom is 0.245 e. The molecule has 1 aliphatic rings. The number of nitrogens with zero attached hydrogens (tertiary/aromatic N) is 1. The summed E-state index contributed by atoms with van der Waals surface area (Å²) < 4.78 is 5.16. The molecule has 1 saturated heterocycles. The smallest absolute Gasteiger partial charge is 0.245 e. The molecule has 0 radical (unpaired) electrons. The Labute approximate surface area is 269 Å². The van der Waals surface area contributed by atoms with Gasteiger partial charge in [0.2, 0.25) is 23.6 Å². The van der Waals surface area contributed by atoms with Gasteiger partial charge in [-0.1, -0.05) is 53.9 Å². The minimum Gasteiger partial charge on any atom is -0.393 e. The van der Waals surface area contributed by atoms with Crippen molar-refractivity contribution >= 4 is 29.4 Å². The molecule has 0 spiro atoms. The summed E-state index contributed by atoms with van der Waals surface area (Å²) in [5.41, 5.74) is -0.942. The molecule has 1 fully saturated rings. The molecule has 0 bridgehead atoms. The summed E-state index contributed by atoms with van der Waals surface area (Å²) in [5, 5.41) is 27.8. The van der Waals surface area contributed by atoms with Gasteiger partial charge in [-0.25, -0.2) is 0 Å². The number of aliphatic hydroxyl groups excluding tert-OH is 2. The summed E-state index contributed by atoms with van der Waals surface area (Å²) in [4.78, 5) is 67.0. The lowest BCUT2D eigenvalue weighted by Crippen LogP contribution is -2.61. The fourth-order valence-corrected chi connectivity index (χ4v) is 5.08. The van der Waals surface area contributed by atoms with Gasteiger partial charge in [0.1, 0.15) is 23.7 Å². The van der Waals surface area contributed by atoms with Crippen molar-refractivity contribution in [3.8, 4) is 0 Å². The second kappa shape index (κ2) is 18.5. The number of epoxide rings is 1. The van der Waals surface area contributed by atoms with E-state index in [0.717, 1.165) is 25.7 Å². The zero-order chi connectivity index (χ0) is 34.6. The SMILES string of the molecule is CC(C)C[C@@H](C(=O)N[C@H](C(=O)N[C@H](C(=O)N[C@@H](C)C(=O)C1(C)CO1)[C@@H](C)O)C(C)C)N(C)C(=O)CCCCCCC(C)C(C)O. The fraction of sp³-hybridized carbons (Fsp3) is 0.848. The van der Waals surface area contributed by atoms with Gasteiger partial charge in [-0.3, -0.25) is 24.0 Å². The number of aliphatic hydroxyl groups is 2. The predicted molar refractivity (Wildman–Crippen MR) is 172 cm³/mol. The van der Waals surface area contributed by atoms with E-state index >= 15 is 0 Å². The van der Waals surface area contributed by atoms with Gasteiger partial charge < -0.3 is 35.8 Å². The molecule has 1 aliphatic heterocycles. The van der Waals surface area contributed by atoms with Crippen LogP contribution in [0.2, 0.25) is 0 Å². The Morgan fingerprint density at radius 3 is 1.80 bits per heavy atom. The Bertz CT molecular complexity index is 995. The largest absolute Gasteiger partial charge is 0.393 e. The van der Waals surface area contributed by atoms with Crippen LogP contribution in [-0.4, -0.2) is 100 Å². The Kier molecular flexibility index (Phi) is 16.7. The summed E-state index contributed by atoms with van der Waals surface area (Å²) >= 11 is 0. The normalized spacial score (nSPS) is 20.8. The number of hydrogen-bond acceptors (Lipinski definition) is 8. The fourth-order valence-electron chi connectivity index (χ4n) is 5.08. The highest BCUT2D eigenvalue weighted by molar-refractivity contribution is 5.98. The van der Waals surface area contributed by atoms with E-state index in [1.54, 1.807) is 34.7 Å². The molecule has 45 heavy (non-hydrogen) atoms. The monoisotopic (exact) mass is 640 g/mol. The second-order valence-corrected chi connectivity index (χ2v) is 13.9. The van der Waals surface area contributed by atoms with Gasteiger partial charge >= 0.3 is 0 Å². The van der Waals surface area contributed by atoms with Crippen LogP contribution in [-0.2, 0) is 28.7 Å². The van der Waals surface area contributed by atoms with Crippen LogP contribution in [0.1, 0.15) is 107 Å². The molecule has 260 valence electrons. The van der Waals surface area contributed by atoms with Crippen molar-refractivity contribution in [1.29, 1.82) is 0 Å². The minimum absolute atomic E-state index is 0.0922. The number of ether oxygens (including phenoxy) is 1. The van der Waals surface area contributed by atoms with E-state index in [1.165, 1.54) is 18.7 Å². The number of amides is 4. The van der Waals surface area contributed by atoms with Crippen LogP contribution in [0.5, 0.6) is 0 Å². The molecule has 0 aliphatic carbocycles. The summed E-state index contributed by atoms with van der Waals surface area (Å²) in [7, 11) is 1.60. The number of carbonyl (C=O) groups excluding carboxylic acids is 5. The predicted octanol–water partition coefficient (Wildman–Crippen LogP) is 2.09. The molecular formula is C33H60N4O8. The van der Waals surface area contributed by atoms with Crippen LogP contribution < -0.4 is 16.0 Å². The third-order valence-corrected chi connectivity index (χ3v) is 8.64. The van der Waals surface area contributed by atoms with Crippen LogP contribution in [0.25, 0.3) is 0 Å². The number of unbranched alkanes of at least 4 members (excludes halogenated alkanes) is 3. The first kappa shape index (κ1) is 40.5. The Hall–Kier alpha value is -2.57. The Balaban J connectivity index is 2.85. The minimum atomic E-state index is -1.37. The van der Waals surface area contributed by atoms with E-state index in [2.05, 4.69) is 16.0 Å². The molecule has 0 aromatic heterocycles. The van der Waals surface area contributed by atoms with Gasteiger partial charge in [0.05, 0.1) is 24.9 Å². The van der Waals surface area contributed by atoms with Crippen LogP contribution >= 0.6 is 0 Å². The average molecular weight is 641 g/mol. The summed E-state index contributed by atoms with van der Waals surface area (Å²) in [6.45, 7) is 16.0. The number of likely N-dealkylation sites (N-methyl/N-ethyl adjacent to an activating group) is 1.